The highest BCUT2D eigenvalue weighted by molar-refractivity contribution is 9.10. The summed E-state index contributed by atoms with van der Waals surface area (Å²) in [6.45, 7) is -0.549. The average Bonchev–Trinajstić information content (AvgIpc) is 2.88. The largest absolute Gasteiger partial charge is 0.416 e. The number of hydroxylamine groups is 2. The molecule has 27 heavy (non-hydrogen) atoms. The summed E-state index contributed by atoms with van der Waals surface area (Å²) in [6, 6.07) is 7.90. The van der Waals surface area contributed by atoms with E-state index in [-0.39, 0.29) is 6.07 Å². The molecule has 0 spiro atoms. The molecule has 142 valence electrons. The molecule has 1 heterocycles. The molecule has 0 aliphatic carbocycles. The Kier molecular flexibility index (Phi) is 4.96. The third-order valence-corrected chi connectivity index (χ3v) is 4.52. The van der Waals surface area contributed by atoms with Gasteiger partial charge in [0.15, 0.2) is 6.17 Å². The Morgan fingerprint density at radius 3 is 2.48 bits per heavy atom. The number of halogens is 5. The number of rotatable bonds is 2. The first-order valence-corrected chi connectivity index (χ1v) is 8.33. The molecule has 1 saturated heterocycles. The smallest absolute Gasteiger partial charge is 0.302 e. The van der Waals surface area contributed by atoms with Crippen molar-refractivity contribution in [3.8, 4) is 0 Å². The van der Waals surface area contributed by atoms with Crippen LogP contribution in [0.25, 0.3) is 0 Å². The van der Waals surface area contributed by atoms with Crippen molar-refractivity contribution >= 4 is 27.7 Å². The van der Waals surface area contributed by atoms with E-state index >= 15 is 0 Å². The van der Waals surface area contributed by atoms with E-state index in [2.05, 4.69) is 15.9 Å². The number of benzene rings is 2. The van der Waals surface area contributed by atoms with E-state index < -0.39 is 47.6 Å². The number of nitrogens with zero attached hydrogens (tertiary/aromatic N) is 2. The summed E-state index contributed by atoms with van der Waals surface area (Å²) in [6.07, 6.45) is -5.99. The van der Waals surface area contributed by atoms with Crippen molar-refractivity contribution in [2.24, 2.45) is 0 Å². The third kappa shape index (κ3) is 3.67. The fourth-order valence-corrected chi connectivity index (χ4v) is 3.18. The Labute approximate surface area is 158 Å². The Balaban J connectivity index is 1.99. The van der Waals surface area contributed by atoms with Crippen molar-refractivity contribution in [3.63, 3.8) is 0 Å². The molecule has 1 atom stereocenters. The van der Waals surface area contributed by atoms with Crippen molar-refractivity contribution in [2.45, 2.75) is 12.3 Å². The number of carbonyl (C=O) groups is 2. The number of alkyl halides is 3. The van der Waals surface area contributed by atoms with Crippen molar-refractivity contribution in [2.75, 3.05) is 6.54 Å². The summed E-state index contributed by atoms with van der Waals surface area (Å²) in [5, 5.41) is 10.4. The van der Waals surface area contributed by atoms with Gasteiger partial charge >= 0.3 is 6.18 Å². The van der Waals surface area contributed by atoms with Crippen LogP contribution in [0.4, 0.5) is 17.6 Å². The molecule has 2 amide bonds. The van der Waals surface area contributed by atoms with Gasteiger partial charge in [-0.1, -0.05) is 28.1 Å². The van der Waals surface area contributed by atoms with Crippen LogP contribution in [-0.2, 0) is 11.0 Å². The van der Waals surface area contributed by atoms with Crippen LogP contribution in [0, 0.1) is 5.82 Å². The highest BCUT2D eigenvalue weighted by Gasteiger charge is 2.42. The summed E-state index contributed by atoms with van der Waals surface area (Å²) in [7, 11) is 0. The quantitative estimate of drug-likeness (QED) is 0.560. The van der Waals surface area contributed by atoms with E-state index in [1.807, 2.05) is 0 Å². The number of amides is 2. The molecular weight excluding hydrogens is 436 g/mol. The lowest BCUT2D eigenvalue weighted by molar-refractivity contribution is -0.168. The lowest BCUT2D eigenvalue weighted by atomic mass is 10.1. The molecule has 2 aromatic carbocycles. The zero-order valence-corrected chi connectivity index (χ0v) is 15.0. The van der Waals surface area contributed by atoms with Gasteiger partial charge in [-0.3, -0.25) is 14.8 Å². The first-order valence-electron chi connectivity index (χ1n) is 7.53. The summed E-state index contributed by atoms with van der Waals surface area (Å²) in [5.41, 5.74) is -1.51. The minimum absolute atomic E-state index is 0.218. The highest BCUT2D eigenvalue weighted by Crippen LogP contribution is 2.34. The summed E-state index contributed by atoms with van der Waals surface area (Å²) in [4.78, 5) is 25.5. The zero-order valence-electron chi connectivity index (χ0n) is 13.4. The van der Waals surface area contributed by atoms with Gasteiger partial charge in [0, 0.05) is 4.47 Å². The molecule has 0 aromatic heterocycles. The van der Waals surface area contributed by atoms with Gasteiger partial charge in [0.25, 0.3) is 11.8 Å². The van der Waals surface area contributed by atoms with E-state index in [4.69, 9.17) is 0 Å². The molecule has 1 aliphatic rings. The number of hydrogen-bond acceptors (Lipinski definition) is 3. The molecule has 5 nitrogen and oxygen atoms in total. The van der Waals surface area contributed by atoms with Crippen molar-refractivity contribution < 1.29 is 32.4 Å². The molecule has 0 saturated carbocycles. The van der Waals surface area contributed by atoms with Gasteiger partial charge in [-0.25, -0.2) is 4.39 Å². The fourth-order valence-electron chi connectivity index (χ4n) is 2.76. The molecule has 10 heteroatoms. The normalized spacial score (nSPS) is 17.6. The van der Waals surface area contributed by atoms with Crippen molar-refractivity contribution in [3.05, 3.63) is 69.4 Å². The highest BCUT2D eigenvalue weighted by atomic mass is 79.9. The van der Waals surface area contributed by atoms with Crippen LogP contribution in [0.15, 0.2) is 46.9 Å². The van der Waals surface area contributed by atoms with Crippen molar-refractivity contribution in [1.82, 2.24) is 9.96 Å². The maximum absolute atomic E-state index is 14.2. The summed E-state index contributed by atoms with van der Waals surface area (Å²) < 4.78 is 52.8. The average molecular weight is 447 g/mol. The van der Waals surface area contributed by atoms with E-state index in [0.29, 0.717) is 27.2 Å². The topological polar surface area (TPSA) is 60.9 Å². The number of carbonyl (C=O) groups excluding carboxylic acids is 2. The second-order valence-electron chi connectivity index (χ2n) is 5.79. The van der Waals surface area contributed by atoms with E-state index in [0.717, 1.165) is 4.90 Å². The second-order valence-corrected chi connectivity index (χ2v) is 6.71. The molecule has 1 unspecified atom stereocenters. The molecule has 1 N–H and O–H groups in total. The maximum atomic E-state index is 14.2. The molecule has 3 rings (SSSR count). The zero-order chi connectivity index (χ0) is 19.9. The fraction of sp³-hybridized carbons (Fsp3) is 0.176. The van der Waals surface area contributed by atoms with Gasteiger partial charge < -0.3 is 4.90 Å². The second kappa shape index (κ2) is 6.93. The predicted octanol–water partition coefficient (Wildman–Crippen LogP) is 3.98. The lowest BCUT2D eigenvalue weighted by Gasteiger charge is -2.26. The molecule has 0 radical (unpaired) electrons. The monoisotopic (exact) mass is 446 g/mol. The first-order chi connectivity index (χ1) is 12.6. The predicted molar refractivity (Wildman–Crippen MR) is 88.0 cm³/mol. The third-order valence-electron chi connectivity index (χ3n) is 4.02. The number of hydrogen-bond donors (Lipinski definition) is 1. The van der Waals surface area contributed by atoms with Crippen molar-refractivity contribution in [1.29, 1.82) is 0 Å². The first kappa shape index (κ1) is 19.3. The molecule has 2 aromatic rings. The summed E-state index contributed by atoms with van der Waals surface area (Å²) >= 11 is 3.23. The van der Waals surface area contributed by atoms with Gasteiger partial charge in [-0.15, -0.1) is 0 Å². The van der Waals surface area contributed by atoms with Crippen LogP contribution in [0.3, 0.4) is 0 Å². The summed E-state index contributed by atoms with van der Waals surface area (Å²) in [5.74, 6) is -3.19. The van der Waals surface area contributed by atoms with Crippen LogP contribution in [0.2, 0.25) is 0 Å². The lowest BCUT2D eigenvalue weighted by Crippen LogP contribution is -2.34. The Hall–Kier alpha value is -2.46. The minimum Gasteiger partial charge on any atom is -0.302 e. The van der Waals surface area contributed by atoms with Crippen LogP contribution in [0.5, 0.6) is 0 Å². The van der Waals surface area contributed by atoms with E-state index in [9.17, 15) is 32.4 Å². The van der Waals surface area contributed by atoms with E-state index in [1.54, 1.807) is 24.3 Å². The Bertz CT molecular complexity index is 919. The molecule has 1 fully saturated rings. The molecule has 1 aliphatic heterocycles. The molecular formula is C17H11BrF4N2O3. The van der Waals surface area contributed by atoms with Gasteiger partial charge in [0.2, 0.25) is 0 Å². The van der Waals surface area contributed by atoms with Gasteiger partial charge in [-0.2, -0.15) is 18.2 Å². The van der Waals surface area contributed by atoms with Crippen LogP contribution < -0.4 is 0 Å². The van der Waals surface area contributed by atoms with Crippen LogP contribution in [-0.4, -0.2) is 33.5 Å². The van der Waals surface area contributed by atoms with Crippen LogP contribution in [0.1, 0.15) is 27.7 Å². The Morgan fingerprint density at radius 2 is 1.89 bits per heavy atom. The van der Waals surface area contributed by atoms with E-state index in [1.165, 1.54) is 0 Å². The van der Waals surface area contributed by atoms with Gasteiger partial charge in [0.1, 0.15) is 12.4 Å². The van der Waals surface area contributed by atoms with Crippen LogP contribution >= 0.6 is 15.9 Å². The standard InChI is InChI=1S/C17H11BrF4N2O3/c18-11-3-1-2-9(6-11)15-23(8-14(25)24(15)27)16(26)12-5-4-10(7-13(12)19)17(20,21)22/h1-7,15,27H,8H2. The van der Waals surface area contributed by atoms with Gasteiger partial charge in [-0.05, 0) is 35.9 Å². The SMILES string of the molecule is O=C1CN(C(=O)c2ccc(C(F)(F)F)cc2F)C(c2cccc(Br)c2)N1O. The maximum Gasteiger partial charge on any atom is 0.416 e. The minimum atomic E-state index is -4.76. The van der Waals surface area contributed by atoms with Gasteiger partial charge in [0.05, 0.1) is 11.1 Å². The molecule has 0 bridgehead atoms. The Morgan fingerprint density at radius 1 is 1.19 bits per heavy atom.